The van der Waals surface area contributed by atoms with E-state index in [1.54, 1.807) is 48.5 Å². The van der Waals surface area contributed by atoms with Gasteiger partial charge in [0, 0.05) is 16.7 Å². The molecule has 0 spiro atoms. The van der Waals surface area contributed by atoms with E-state index in [0.29, 0.717) is 5.02 Å². The monoisotopic (exact) mass is 450 g/mol. The number of halogens is 3. The maximum atomic E-state index is 12.3. The van der Waals surface area contributed by atoms with Gasteiger partial charge in [-0.2, -0.15) is 0 Å². The molecule has 0 aliphatic carbocycles. The van der Waals surface area contributed by atoms with Gasteiger partial charge >= 0.3 is 5.97 Å². The SMILES string of the molecule is COC(=O)c1c(-c2c(Cl)cccc2Cl)noc1NC(=O)/C=C/c1cccc(Cl)c1. The van der Waals surface area contributed by atoms with E-state index in [-0.39, 0.29) is 32.8 Å². The number of rotatable bonds is 5. The van der Waals surface area contributed by atoms with Gasteiger partial charge in [-0.15, -0.1) is 0 Å². The molecule has 0 fully saturated rings. The number of benzene rings is 2. The molecule has 3 aromatic rings. The van der Waals surface area contributed by atoms with Crippen LogP contribution in [-0.4, -0.2) is 24.1 Å². The molecular weight excluding hydrogens is 439 g/mol. The first kappa shape index (κ1) is 20.9. The third-order valence-electron chi connectivity index (χ3n) is 3.79. The number of anilines is 1. The number of carbonyl (C=O) groups excluding carboxylic acids is 2. The average Bonchev–Trinajstić information content (AvgIpc) is 3.09. The molecule has 0 aliphatic heterocycles. The summed E-state index contributed by atoms with van der Waals surface area (Å²) in [6.07, 6.45) is 2.82. The molecule has 148 valence electrons. The zero-order chi connectivity index (χ0) is 21.0. The number of hydrogen-bond donors (Lipinski definition) is 1. The van der Waals surface area contributed by atoms with Crippen LogP contribution in [0.2, 0.25) is 15.1 Å². The Morgan fingerprint density at radius 3 is 2.45 bits per heavy atom. The Morgan fingerprint density at radius 1 is 1.10 bits per heavy atom. The molecule has 6 nitrogen and oxygen atoms in total. The van der Waals surface area contributed by atoms with E-state index >= 15 is 0 Å². The number of nitrogens with one attached hydrogen (secondary N) is 1. The summed E-state index contributed by atoms with van der Waals surface area (Å²) >= 11 is 18.3. The van der Waals surface area contributed by atoms with Gasteiger partial charge in [0.15, 0.2) is 5.56 Å². The highest BCUT2D eigenvalue weighted by atomic mass is 35.5. The molecule has 9 heteroatoms. The summed E-state index contributed by atoms with van der Waals surface area (Å²) in [5.41, 5.74) is 0.963. The fourth-order valence-electron chi connectivity index (χ4n) is 2.50. The number of hydrogen-bond acceptors (Lipinski definition) is 5. The van der Waals surface area contributed by atoms with Gasteiger partial charge in [-0.05, 0) is 35.9 Å². The van der Waals surface area contributed by atoms with E-state index < -0.39 is 11.9 Å². The molecule has 0 aliphatic rings. The van der Waals surface area contributed by atoms with Gasteiger partial charge in [-0.3, -0.25) is 10.1 Å². The lowest BCUT2D eigenvalue weighted by molar-refractivity contribution is -0.112. The number of esters is 1. The summed E-state index contributed by atoms with van der Waals surface area (Å²) < 4.78 is 9.96. The summed E-state index contributed by atoms with van der Waals surface area (Å²) in [5.74, 6) is -1.52. The lowest BCUT2D eigenvalue weighted by Gasteiger charge is -2.06. The average molecular weight is 452 g/mol. The summed E-state index contributed by atoms with van der Waals surface area (Å²) in [6, 6.07) is 11.8. The zero-order valence-electron chi connectivity index (χ0n) is 14.9. The molecule has 0 saturated carbocycles. The second kappa shape index (κ2) is 9.13. The van der Waals surface area contributed by atoms with E-state index in [2.05, 4.69) is 10.5 Å². The van der Waals surface area contributed by atoms with Crippen LogP contribution >= 0.6 is 34.8 Å². The molecular formula is C20H13Cl3N2O4. The topological polar surface area (TPSA) is 81.4 Å². The van der Waals surface area contributed by atoms with Crippen molar-refractivity contribution in [2.24, 2.45) is 0 Å². The second-order valence-corrected chi connectivity index (χ2v) is 6.95. The number of nitrogens with zero attached hydrogens (tertiary/aromatic N) is 1. The Hall–Kier alpha value is -2.80. The van der Waals surface area contributed by atoms with Gasteiger partial charge in [0.2, 0.25) is 5.88 Å². The van der Waals surface area contributed by atoms with Gasteiger partial charge in [0.05, 0.1) is 17.2 Å². The van der Waals surface area contributed by atoms with Crippen molar-refractivity contribution in [1.29, 1.82) is 0 Å². The minimum atomic E-state index is -0.772. The number of amides is 1. The molecule has 0 saturated heterocycles. The maximum Gasteiger partial charge on any atom is 0.345 e. The van der Waals surface area contributed by atoms with Crippen molar-refractivity contribution in [3.05, 3.63) is 74.7 Å². The summed E-state index contributed by atoms with van der Waals surface area (Å²) in [5, 5.41) is 7.38. The van der Waals surface area contributed by atoms with E-state index in [4.69, 9.17) is 44.1 Å². The van der Waals surface area contributed by atoms with Crippen LogP contribution in [0.1, 0.15) is 15.9 Å². The molecule has 1 N–H and O–H groups in total. The fraction of sp³-hybridized carbons (Fsp3) is 0.0500. The highest BCUT2D eigenvalue weighted by Crippen LogP contribution is 2.38. The zero-order valence-corrected chi connectivity index (χ0v) is 17.2. The van der Waals surface area contributed by atoms with Crippen molar-refractivity contribution >= 4 is 58.6 Å². The van der Waals surface area contributed by atoms with Crippen molar-refractivity contribution in [2.75, 3.05) is 12.4 Å². The van der Waals surface area contributed by atoms with E-state index in [1.807, 2.05) is 0 Å². The smallest absolute Gasteiger partial charge is 0.345 e. The Labute approximate surface area is 181 Å². The van der Waals surface area contributed by atoms with Crippen LogP contribution in [0.4, 0.5) is 5.88 Å². The lowest BCUT2D eigenvalue weighted by atomic mass is 10.1. The van der Waals surface area contributed by atoms with E-state index in [1.165, 1.54) is 13.2 Å². The van der Waals surface area contributed by atoms with Crippen molar-refractivity contribution in [3.8, 4) is 11.3 Å². The van der Waals surface area contributed by atoms with Crippen LogP contribution in [-0.2, 0) is 9.53 Å². The first-order valence-corrected chi connectivity index (χ1v) is 9.31. The van der Waals surface area contributed by atoms with Crippen LogP contribution in [0.25, 0.3) is 17.3 Å². The van der Waals surface area contributed by atoms with Crippen molar-refractivity contribution in [3.63, 3.8) is 0 Å². The third kappa shape index (κ3) is 4.79. The number of methoxy groups -OCH3 is 1. The molecule has 0 atom stereocenters. The van der Waals surface area contributed by atoms with Crippen molar-refractivity contribution in [2.45, 2.75) is 0 Å². The summed E-state index contributed by atoms with van der Waals surface area (Å²) in [6.45, 7) is 0. The molecule has 0 radical (unpaired) electrons. The first-order valence-electron chi connectivity index (χ1n) is 8.17. The largest absolute Gasteiger partial charge is 0.465 e. The normalized spacial score (nSPS) is 10.9. The Balaban J connectivity index is 1.93. The van der Waals surface area contributed by atoms with Gasteiger partial charge in [0.25, 0.3) is 5.91 Å². The molecule has 0 bridgehead atoms. The highest BCUT2D eigenvalue weighted by Gasteiger charge is 2.28. The Morgan fingerprint density at radius 2 is 1.79 bits per heavy atom. The third-order valence-corrected chi connectivity index (χ3v) is 4.66. The van der Waals surface area contributed by atoms with E-state index in [9.17, 15) is 9.59 Å². The Kier molecular flexibility index (Phi) is 6.59. The van der Waals surface area contributed by atoms with Crippen LogP contribution in [0.5, 0.6) is 0 Å². The van der Waals surface area contributed by atoms with Gasteiger partial charge in [-0.25, -0.2) is 4.79 Å². The predicted molar refractivity (Wildman–Crippen MR) is 112 cm³/mol. The molecule has 1 aromatic heterocycles. The molecule has 3 rings (SSSR count). The van der Waals surface area contributed by atoms with Crippen molar-refractivity contribution in [1.82, 2.24) is 5.16 Å². The van der Waals surface area contributed by atoms with Gasteiger partial charge in [0.1, 0.15) is 5.69 Å². The molecule has 29 heavy (non-hydrogen) atoms. The summed E-state index contributed by atoms with van der Waals surface area (Å²) in [4.78, 5) is 24.6. The standard InChI is InChI=1S/C20H13Cl3N2O4/c1-28-20(27)17-18(16-13(22)6-3-7-14(16)23)25-29-19(17)24-15(26)9-8-11-4-2-5-12(21)10-11/h2-10H,1H3,(H,24,26)/b9-8+. The minimum absolute atomic E-state index is 0.0570. The molecule has 2 aromatic carbocycles. The summed E-state index contributed by atoms with van der Waals surface area (Å²) in [7, 11) is 1.19. The quantitative estimate of drug-likeness (QED) is 0.395. The number of aromatic nitrogens is 1. The highest BCUT2D eigenvalue weighted by molar-refractivity contribution is 6.39. The fourth-order valence-corrected chi connectivity index (χ4v) is 3.27. The van der Waals surface area contributed by atoms with Gasteiger partial charge in [-0.1, -0.05) is 58.2 Å². The van der Waals surface area contributed by atoms with Crippen molar-refractivity contribution < 1.29 is 18.8 Å². The lowest BCUT2D eigenvalue weighted by Crippen LogP contribution is -2.12. The first-order chi connectivity index (χ1) is 13.9. The second-order valence-electron chi connectivity index (χ2n) is 5.70. The van der Waals surface area contributed by atoms with Crippen LogP contribution in [0.15, 0.2) is 53.1 Å². The van der Waals surface area contributed by atoms with Crippen LogP contribution in [0.3, 0.4) is 0 Å². The molecule has 1 amide bonds. The Bertz CT molecular complexity index is 1090. The van der Waals surface area contributed by atoms with Gasteiger partial charge < -0.3 is 9.26 Å². The van der Waals surface area contributed by atoms with Crippen LogP contribution < -0.4 is 5.32 Å². The maximum absolute atomic E-state index is 12.3. The van der Waals surface area contributed by atoms with E-state index in [0.717, 1.165) is 5.56 Å². The van der Waals surface area contributed by atoms with Crippen LogP contribution in [0, 0.1) is 0 Å². The molecule has 1 heterocycles. The number of ether oxygens (including phenoxy) is 1. The predicted octanol–water partition coefficient (Wildman–Crippen LogP) is 5.74. The molecule has 0 unspecified atom stereocenters. The minimum Gasteiger partial charge on any atom is -0.465 e. The number of carbonyl (C=O) groups is 2.